The van der Waals surface area contributed by atoms with Gasteiger partial charge < -0.3 is 20.1 Å². The van der Waals surface area contributed by atoms with Gasteiger partial charge in [0.2, 0.25) is 11.8 Å². The average Bonchev–Trinajstić information content (AvgIpc) is 2.96. The first-order valence-electron chi connectivity index (χ1n) is 8.28. The molecular weight excluding hydrogens is 324 g/mol. The van der Waals surface area contributed by atoms with Gasteiger partial charge in [-0.2, -0.15) is 0 Å². The molecule has 0 spiro atoms. The Bertz CT molecular complexity index is 641. The smallest absolute Gasteiger partial charge is 0.328 e. The summed E-state index contributed by atoms with van der Waals surface area (Å²) in [7, 11) is 1.35. The molecule has 2 N–H and O–H groups in total. The molecule has 0 radical (unpaired) electrons. The van der Waals surface area contributed by atoms with Crippen LogP contribution in [0.5, 0.6) is 0 Å². The number of nitrogens with zero attached hydrogens (tertiary/aromatic N) is 1. The topological polar surface area (TPSA) is 95.9 Å². The maximum Gasteiger partial charge on any atom is 0.328 e. The van der Waals surface area contributed by atoms with Crippen molar-refractivity contribution in [3.8, 4) is 0 Å². The second-order valence-electron chi connectivity index (χ2n) is 6.43. The Labute approximate surface area is 147 Å². The maximum absolute atomic E-state index is 12.6. The van der Waals surface area contributed by atoms with E-state index >= 15 is 0 Å². The van der Waals surface area contributed by atoms with Gasteiger partial charge in [0.25, 0.3) is 0 Å². The zero-order valence-electron chi connectivity index (χ0n) is 14.7. The second kappa shape index (κ2) is 8.11. The quantitative estimate of drug-likeness (QED) is 0.726. The van der Waals surface area contributed by atoms with Crippen molar-refractivity contribution < 1.29 is 24.2 Å². The Morgan fingerprint density at radius 1 is 1.32 bits per heavy atom. The summed E-state index contributed by atoms with van der Waals surface area (Å²) >= 11 is 0. The highest BCUT2D eigenvalue weighted by atomic mass is 16.5. The number of ether oxygens (including phenoxy) is 1. The van der Waals surface area contributed by atoms with Gasteiger partial charge in [-0.3, -0.25) is 9.59 Å². The Hall–Kier alpha value is -2.41. The molecule has 0 bridgehead atoms. The third-order valence-corrected chi connectivity index (χ3v) is 4.34. The van der Waals surface area contributed by atoms with E-state index in [1.807, 2.05) is 24.3 Å². The normalized spacial score (nSPS) is 18.5. The van der Waals surface area contributed by atoms with Crippen LogP contribution in [0.4, 0.5) is 5.69 Å². The molecule has 2 atom stereocenters. The van der Waals surface area contributed by atoms with Gasteiger partial charge in [0.1, 0.15) is 5.92 Å². The number of rotatable bonds is 7. The summed E-state index contributed by atoms with van der Waals surface area (Å²) in [5, 5.41) is 11.4. The number of carboxylic acids is 1. The van der Waals surface area contributed by atoms with Gasteiger partial charge in [0.15, 0.2) is 6.04 Å². The number of carbonyl (C=O) groups excluding carboxylic acids is 2. The van der Waals surface area contributed by atoms with E-state index in [2.05, 4.69) is 19.2 Å². The number of hydrogen-bond donors (Lipinski definition) is 2. The van der Waals surface area contributed by atoms with Gasteiger partial charge >= 0.3 is 5.97 Å². The largest absolute Gasteiger partial charge is 0.480 e. The van der Waals surface area contributed by atoms with Crippen molar-refractivity contribution in [3.63, 3.8) is 0 Å². The molecule has 0 aromatic heterocycles. The highest BCUT2D eigenvalue weighted by Crippen LogP contribution is 2.27. The lowest BCUT2D eigenvalue weighted by Gasteiger charge is -2.19. The average molecular weight is 348 g/mol. The van der Waals surface area contributed by atoms with Gasteiger partial charge in [-0.05, 0) is 30.0 Å². The third-order valence-electron chi connectivity index (χ3n) is 4.34. The predicted molar refractivity (Wildman–Crippen MR) is 92.4 cm³/mol. The summed E-state index contributed by atoms with van der Waals surface area (Å²) in [5.41, 5.74) is 1.92. The predicted octanol–water partition coefficient (Wildman–Crippen LogP) is 1.38. The lowest BCUT2D eigenvalue weighted by molar-refractivity contribution is -0.145. The lowest BCUT2D eigenvalue weighted by Crippen LogP contribution is -2.47. The summed E-state index contributed by atoms with van der Waals surface area (Å²) < 4.78 is 4.79. The molecule has 0 aliphatic carbocycles. The van der Waals surface area contributed by atoms with Crippen LogP contribution in [0.1, 0.15) is 31.7 Å². The Morgan fingerprint density at radius 3 is 2.48 bits per heavy atom. The van der Waals surface area contributed by atoms with Crippen LogP contribution in [0, 0.1) is 5.92 Å². The number of methoxy groups -OCH3 is 1. The van der Waals surface area contributed by atoms with Crippen LogP contribution >= 0.6 is 0 Å². The van der Waals surface area contributed by atoms with Crippen molar-refractivity contribution in [3.05, 3.63) is 29.8 Å². The molecule has 1 aromatic rings. The second-order valence-corrected chi connectivity index (χ2v) is 6.43. The number of benzene rings is 1. The summed E-state index contributed by atoms with van der Waals surface area (Å²) in [4.78, 5) is 37.5. The fourth-order valence-electron chi connectivity index (χ4n) is 2.83. The number of aliphatic carboxylic acids is 1. The van der Waals surface area contributed by atoms with Crippen LogP contribution in [-0.4, -0.2) is 49.2 Å². The van der Waals surface area contributed by atoms with E-state index in [4.69, 9.17) is 9.84 Å². The number of amides is 2. The van der Waals surface area contributed by atoms with Crippen LogP contribution in [0.25, 0.3) is 0 Å². The minimum absolute atomic E-state index is 0.150. The van der Waals surface area contributed by atoms with Crippen molar-refractivity contribution in [1.29, 1.82) is 0 Å². The van der Waals surface area contributed by atoms with Crippen molar-refractivity contribution in [2.24, 2.45) is 5.92 Å². The van der Waals surface area contributed by atoms with E-state index in [-0.39, 0.29) is 12.5 Å². The van der Waals surface area contributed by atoms with E-state index in [0.29, 0.717) is 18.9 Å². The lowest BCUT2D eigenvalue weighted by atomic mass is 10.0. The standard InChI is InChI=1S/C18H24N2O5/c1-11(2)12-4-6-13(7-5-12)20-9-8-14(17(20)22)16(21)19-15(10-25-3)18(23)24/h4-7,11,14-15H,8-10H2,1-3H3,(H,19,21)(H,23,24). The van der Waals surface area contributed by atoms with Gasteiger partial charge in [-0.1, -0.05) is 26.0 Å². The first-order valence-corrected chi connectivity index (χ1v) is 8.28. The van der Waals surface area contributed by atoms with Gasteiger partial charge in [-0.15, -0.1) is 0 Å². The van der Waals surface area contributed by atoms with E-state index < -0.39 is 23.8 Å². The molecule has 7 heteroatoms. The molecule has 1 heterocycles. The summed E-state index contributed by atoms with van der Waals surface area (Å²) in [6, 6.07) is 6.53. The van der Waals surface area contributed by atoms with Crippen molar-refractivity contribution in [1.82, 2.24) is 5.32 Å². The number of carbonyl (C=O) groups is 3. The zero-order valence-corrected chi connectivity index (χ0v) is 14.7. The number of anilines is 1. The number of hydrogen-bond acceptors (Lipinski definition) is 4. The number of nitrogens with one attached hydrogen (secondary N) is 1. The molecule has 1 aliphatic rings. The molecule has 25 heavy (non-hydrogen) atoms. The van der Waals surface area contributed by atoms with E-state index in [9.17, 15) is 14.4 Å². The van der Waals surface area contributed by atoms with E-state index in [0.717, 1.165) is 5.69 Å². The summed E-state index contributed by atoms with van der Waals surface area (Å²) in [5.74, 6) is -2.55. The Morgan fingerprint density at radius 2 is 1.96 bits per heavy atom. The maximum atomic E-state index is 12.6. The monoisotopic (exact) mass is 348 g/mol. The van der Waals surface area contributed by atoms with Gasteiger partial charge in [-0.25, -0.2) is 4.79 Å². The molecule has 2 unspecified atom stereocenters. The van der Waals surface area contributed by atoms with Crippen LogP contribution in [0.2, 0.25) is 0 Å². The van der Waals surface area contributed by atoms with Crippen molar-refractivity contribution in [2.45, 2.75) is 32.2 Å². The highest BCUT2D eigenvalue weighted by molar-refractivity contribution is 6.10. The van der Waals surface area contributed by atoms with Gasteiger partial charge in [0.05, 0.1) is 6.61 Å². The Balaban J connectivity index is 2.05. The van der Waals surface area contributed by atoms with E-state index in [1.165, 1.54) is 12.7 Å². The van der Waals surface area contributed by atoms with Crippen LogP contribution < -0.4 is 10.2 Å². The molecule has 136 valence electrons. The van der Waals surface area contributed by atoms with Crippen LogP contribution in [-0.2, 0) is 19.1 Å². The number of carboxylic acid groups (broad SMARTS) is 1. The molecule has 7 nitrogen and oxygen atoms in total. The molecule has 1 aromatic carbocycles. The SMILES string of the molecule is COCC(NC(=O)C1CCN(c2ccc(C(C)C)cc2)C1=O)C(=O)O. The van der Waals surface area contributed by atoms with Crippen molar-refractivity contribution >= 4 is 23.5 Å². The fourth-order valence-corrected chi connectivity index (χ4v) is 2.83. The fraction of sp³-hybridized carbons (Fsp3) is 0.500. The minimum atomic E-state index is -1.19. The van der Waals surface area contributed by atoms with Gasteiger partial charge in [0, 0.05) is 19.3 Å². The molecule has 1 saturated heterocycles. The van der Waals surface area contributed by atoms with Crippen LogP contribution in [0.3, 0.4) is 0 Å². The van der Waals surface area contributed by atoms with Crippen LogP contribution in [0.15, 0.2) is 24.3 Å². The molecule has 1 fully saturated rings. The molecule has 2 rings (SSSR count). The first kappa shape index (κ1) is 18.9. The zero-order chi connectivity index (χ0) is 18.6. The summed E-state index contributed by atoms with van der Waals surface area (Å²) in [6.07, 6.45) is 0.357. The molecular formula is C18H24N2O5. The van der Waals surface area contributed by atoms with Crippen molar-refractivity contribution in [2.75, 3.05) is 25.2 Å². The highest BCUT2D eigenvalue weighted by Gasteiger charge is 2.38. The molecule has 1 aliphatic heterocycles. The summed E-state index contributed by atoms with van der Waals surface area (Å²) in [6.45, 7) is 4.47. The first-order chi connectivity index (χ1) is 11.8. The third kappa shape index (κ3) is 4.36. The molecule has 2 amide bonds. The molecule has 0 saturated carbocycles. The minimum Gasteiger partial charge on any atom is -0.480 e. The Kier molecular flexibility index (Phi) is 6.14. The van der Waals surface area contributed by atoms with E-state index in [1.54, 1.807) is 4.90 Å².